The molecule has 0 bridgehead atoms. The number of hydrogen-bond donors (Lipinski definition) is 29. The number of nitrogens with zero attached hydrogens (tertiary/aromatic N) is 3. The minimum absolute atomic E-state index is 0.0733. The molecule has 806 valence electrons. The van der Waals surface area contributed by atoms with Crippen molar-refractivity contribution in [2.45, 2.75) is 323 Å². The highest BCUT2D eigenvalue weighted by Crippen LogP contribution is 2.23. The summed E-state index contributed by atoms with van der Waals surface area (Å²) in [6.07, 6.45) is -11.2. The predicted molar refractivity (Wildman–Crippen MR) is 501 cm³/mol. The van der Waals surface area contributed by atoms with E-state index in [1.165, 1.54) is 16.7 Å². The van der Waals surface area contributed by atoms with Crippen LogP contribution in [0.5, 0.6) is 0 Å². The molecule has 0 aromatic heterocycles. The van der Waals surface area contributed by atoms with Crippen LogP contribution >= 0.6 is 11.8 Å². The first-order valence-corrected chi connectivity index (χ1v) is 48.5. The number of rotatable bonds is 65. The van der Waals surface area contributed by atoms with Gasteiger partial charge in [0.1, 0.15) is 103 Å². The summed E-state index contributed by atoms with van der Waals surface area (Å²) in [5.74, 6) is -28.5. The number of carboxylic acids is 4. The molecule has 0 spiro atoms. The summed E-state index contributed by atoms with van der Waals surface area (Å²) in [7, 11) is 0. The van der Waals surface area contributed by atoms with E-state index in [4.69, 9.17) is 28.0 Å². The number of likely N-dealkylation sites (tertiary alicyclic amines) is 3. The quantitative estimate of drug-likeness (QED) is 0.0251. The maximum absolute atomic E-state index is 14.3. The van der Waals surface area contributed by atoms with Crippen LogP contribution < -0.4 is 108 Å². The zero-order valence-electron chi connectivity index (χ0n) is 81.4. The molecule has 3 fully saturated rings. The van der Waals surface area contributed by atoms with Crippen LogP contribution in [0.4, 0.5) is 0 Å². The van der Waals surface area contributed by atoms with Gasteiger partial charge in [0.05, 0.1) is 56.6 Å². The number of carboxylic acid groups (broad SMARTS) is 4. The second kappa shape index (κ2) is 62.7. The summed E-state index contributed by atoms with van der Waals surface area (Å²) in [6, 6.07) is -29.0. The highest BCUT2D eigenvalue weighted by atomic mass is 32.2. The van der Waals surface area contributed by atoms with Crippen molar-refractivity contribution in [3.05, 3.63) is 0 Å². The fourth-order valence-electron chi connectivity index (χ4n) is 15.4. The number of primary amides is 1. The summed E-state index contributed by atoms with van der Waals surface area (Å²) in [6.45, 7) is 8.19. The Morgan fingerprint density at radius 1 is 0.336 bits per heavy atom. The first kappa shape index (κ1) is 124. The fraction of sp³-hybridized carbons (Fsp3) is 0.721. The third-order valence-electron chi connectivity index (χ3n) is 23.8. The Morgan fingerprint density at radius 3 is 1.02 bits per heavy atom. The smallest absolute Gasteiger partial charge is 0.326 e. The lowest BCUT2D eigenvalue weighted by molar-refractivity contribution is -0.144. The molecule has 0 aromatic carbocycles. The van der Waals surface area contributed by atoms with Crippen LogP contribution in [0.3, 0.4) is 0 Å². The predicted octanol–water partition coefficient (Wildman–Crippen LogP) is -12.5. The number of carbonyl (C=O) groups excluding carboxylic acids is 20. The molecular weight excluding hydrogens is 1920 g/mol. The van der Waals surface area contributed by atoms with E-state index >= 15 is 0 Å². The van der Waals surface area contributed by atoms with E-state index < -0.39 is 339 Å². The van der Waals surface area contributed by atoms with Gasteiger partial charge in [0.15, 0.2) is 0 Å². The molecule has 3 heterocycles. The van der Waals surface area contributed by atoms with Crippen LogP contribution in [-0.2, 0) is 115 Å². The molecule has 0 unspecified atom stereocenters. The van der Waals surface area contributed by atoms with Crippen molar-refractivity contribution in [2.24, 2.45) is 28.9 Å². The van der Waals surface area contributed by atoms with E-state index in [0.717, 1.165) is 58.2 Å². The Labute approximate surface area is 827 Å². The highest BCUT2D eigenvalue weighted by molar-refractivity contribution is 7.98. The lowest BCUT2D eigenvalue weighted by atomic mass is 9.96. The van der Waals surface area contributed by atoms with Crippen molar-refractivity contribution >= 4 is 154 Å². The minimum Gasteiger partial charge on any atom is -0.481 e. The molecule has 3 rings (SSSR count). The standard InChI is InChI=1S/C86H143N23O33S/c1-10-40(2)64(80(135)99-52(86(141)142)25-28-62(121)122)101-85(140)69(46(8)114)105-75(130)51(29-35-143-9)95-71(126)50(24-27-61(119)120)98-83(138)67(44(6)112)104-74(129)49(23-26-57(90)115)94-76(131)53(36-63(123)124)100-78(133)55-21-16-33-108(55)59(117)38-91-70(125)41(3)93-81(136)65(42(4)110)102-72(127)47(18-11-13-30-87)96-82(137)66(43(5)111)103-73(128)48(19-12-14-31-88)97-84(139)68(45(7)113)106-79(134)56-22-17-34-109(56)60(118)39-92-77(132)54-20-15-32-107(54)58(116)37-89/h40-56,64-69,110-114H,10-39,87-89H2,1-9H3,(H2,90,115)(H,91,125)(H,92,132)(H,93,136)(H,94,131)(H,95,126)(H,96,137)(H,97,139)(H,98,138)(H,99,135)(H,100,133)(H,101,140)(H,102,127)(H,103,128)(H,104,129)(H,105,130)(H,106,134)(H,119,120)(H,121,122)(H,123,124)(H,141,142)/t40-,41-,42+,43+,44+,45+,46+,47-,48-,49-,50-,51-,52-,53-,54-,55-,56-,64-,65-,66-,67-,68-,69-/m0/s1. The zero-order chi connectivity index (χ0) is 108. The number of nitrogens with one attached hydrogen (secondary N) is 16. The molecule has 23 atom stereocenters. The van der Waals surface area contributed by atoms with Gasteiger partial charge in [0.2, 0.25) is 118 Å². The van der Waals surface area contributed by atoms with E-state index in [1.807, 2.05) is 0 Å². The molecule has 0 radical (unpaired) electrons. The molecule has 3 aliphatic heterocycles. The molecule has 0 aliphatic carbocycles. The van der Waals surface area contributed by atoms with E-state index in [0.29, 0.717) is 32.2 Å². The number of unbranched alkanes of at least 4 members (excludes halogenated alkanes) is 2. The Balaban J connectivity index is 1.77. The van der Waals surface area contributed by atoms with Gasteiger partial charge in [-0.05, 0) is 175 Å². The van der Waals surface area contributed by atoms with Crippen LogP contribution in [0.1, 0.15) is 190 Å². The second-order valence-electron chi connectivity index (χ2n) is 35.2. The van der Waals surface area contributed by atoms with Crippen LogP contribution in [-0.4, -0.2) is 400 Å². The summed E-state index contributed by atoms with van der Waals surface area (Å²) >= 11 is 1.15. The third-order valence-corrected chi connectivity index (χ3v) is 24.4. The normalized spacial score (nSPS) is 18.6. The van der Waals surface area contributed by atoms with Gasteiger partial charge >= 0.3 is 23.9 Å². The van der Waals surface area contributed by atoms with Gasteiger partial charge in [-0.1, -0.05) is 20.3 Å². The molecular formula is C86H143N23O33S. The van der Waals surface area contributed by atoms with Gasteiger partial charge in [-0.2, -0.15) is 11.8 Å². The van der Waals surface area contributed by atoms with Gasteiger partial charge in [-0.15, -0.1) is 0 Å². The van der Waals surface area contributed by atoms with Gasteiger partial charge in [0.25, 0.3) is 0 Å². The molecule has 143 heavy (non-hydrogen) atoms. The highest BCUT2D eigenvalue weighted by Gasteiger charge is 2.45. The van der Waals surface area contributed by atoms with Crippen LogP contribution in [0.25, 0.3) is 0 Å². The first-order chi connectivity index (χ1) is 67.2. The fourth-order valence-corrected chi connectivity index (χ4v) is 15.9. The molecule has 20 amide bonds. The Bertz CT molecular complexity index is 4440. The average Bonchev–Trinajstić information content (AvgIpc) is 1.07. The van der Waals surface area contributed by atoms with Crippen molar-refractivity contribution in [3.8, 4) is 0 Å². The number of carbonyl (C=O) groups is 24. The maximum atomic E-state index is 14.3. The molecule has 0 saturated carbocycles. The number of aliphatic hydroxyl groups excluding tert-OH is 5. The van der Waals surface area contributed by atoms with Crippen molar-refractivity contribution < 1.29 is 161 Å². The van der Waals surface area contributed by atoms with Crippen molar-refractivity contribution in [2.75, 3.05) is 64.4 Å². The first-order valence-electron chi connectivity index (χ1n) is 47.1. The number of hydrogen-bond acceptors (Lipinski definition) is 33. The molecule has 56 nitrogen and oxygen atoms in total. The van der Waals surface area contributed by atoms with Crippen LogP contribution in [0.15, 0.2) is 0 Å². The number of aliphatic hydroxyl groups is 5. The van der Waals surface area contributed by atoms with E-state index in [1.54, 1.807) is 13.2 Å². The van der Waals surface area contributed by atoms with Crippen LogP contribution in [0.2, 0.25) is 0 Å². The molecule has 33 N–H and O–H groups in total. The molecule has 3 saturated heterocycles. The van der Waals surface area contributed by atoms with Crippen molar-refractivity contribution in [1.82, 2.24) is 99.8 Å². The summed E-state index contributed by atoms with van der Waals surface area (Å²) in [5.41, 5.74) is 22.4. The van der Waals surface area contributed by atoms with Gasteiger partial charge in [0, 0.05) is 38.9 Å². The monoisotopic (exact) mass is 2060 g/mol. The number of thioether (sulfide) groups is 1. The third kappa shape index (κ3) is 41.7. The largest absolute Gasteiger partial charge is 0.481 e. The second-order valence-corrected chi connectivity index (χ2v) is 36.2. The summed E-state index contributed by atoms with van der Waals surface area (Å²) < 4.78 is 0. The molecule has 0 aromatic rings. The van der Waals surface area contributed by atoms with Crippen LogP contribution in [0, 0.1) is 5.92 Å². The van der Waals surface area contributed by atoms with Gasteiger partial charge in [-0.3, -0.25) is 110 Å². The zero-order valence-corrected chi connectivity index (χ0v) is 82.2. The molecule has 57 heteroatoms. The average molecular weight is 2060 g/mol. The Hall–Kier alpha value is -12.7. The number of aliphatic carboxylic acids is 4. The minimum atomic E-state index is -2.16. The lowest BCUT2D eigenvalue weighted by Gasteiger charge is -2.30. The van der Waals surface area contributed by atoms with Gasteiger partial charge in [-0.25, -0.2) is 4.79 Å². The van der Waals surface area contributed by atoms with Crippen molar-refractivity contribution in [1.29, 1.82) is 0 Å². The van der Waals surface area contributed by atoms with E-state index in [9.17, 15) is 156 Å². The van der Waals surface area contributed by atoms with E-state index in [-0.39, 0.29) is 103 Å². The maximum Gasteiger partial charge on any atom is 0.326 e. The summed E-state index contributed by atoms with van der Waals surface area (Å²) in [5, 5.41) is 130. The van der Waals surface area contributed by atoms with E-state index in [2.05, 4.69) is 85.1 Å². The Morgan fingerprint density at radius 2 is 0.650 bits per heavy atom. The van der Waals surface area contributed by atoms with Crippen molar-refractivity contribution in [3.63, 3.8) is 0 Å². The lowest BCUT2D eigenvalue weighted by Crippen LogP contribution is -2.63. The molecule has 3 aliphatic rings. The summed E-state index contributed by atoms with van der Waals surface area (Å²) in [4.78, 5) is 326. The number of nitrogens with two attached hydrogens (primary N) is 4. The topological polar surface area (TPSA) is 898 Å². The SMILES string of the molecule is CC[C@H](C)[C@H](NC(=O)[C@@H](NC(=O)[C@H](CCSC)NC(=O)[C@H](CCC(=O)O)NC(=O)[C@@H](NC(=O)[C@H](CCC(N)=O)NC(=O)[C@H](CC(=O)O)NC(=O)[C@@H]1CCCN1C(=O)CNC(=O)[C@H](C)NC(=O)[C@@H](NC(=O)[C@H](CCCCN)NC(=O)[C@@H](NC(=O)[C@H](CCCCN)NC(=O)[C@@H](NC(=O)[C@@H]1CCCN1C(=O)CNC(=O)[C@@H]1CCCN1C(=O)CN)[C@@H](C)O)[C@@H](C)O)[C@@H](C)O)[C@@H](C)O)[C@@H](C)O)C(=O)N[C@@H](CCC(=O)O)C(=O)O. The van der Waals surface area contributed by atoms with Gasteiger partial charge < -0.3 is 169 Å². The Kier molecular flexibility index (Phi) is 54.5. The number of amides is 20.